The molecule has 0 fully saturated rings. The first-order valence-electron chi connectivity index (χ1n) is 6.52. The van der Waals surface area contributed by atoms with Gasteiger partial charge in [0, 0.05) is 6.07 Å². The molecule has 0 N–H and O–H groups in total. The molecule has 3 aromatic rings. The van der Waals surface area contributed by atoms with Crippen LogP contribution >= 0.6 is 0 Å². The van der Waals surface area contributed by atoms with Crippen LogP contribution in [0.25, 0.3) is 0 Å². The minimum absolute atomic E-state index is 0.230. The van der Waals surface area contributed by atoms with Crippen molar-refractivity contribution < 1.29 is 13.9 Å². The Morgan fingerprint density at radius 2 is 1.81 bits per heavy atom. The normalized spacial score (nSPS) is 10.3. The van der Waals surface area contributed by atoms with Gasteiger partial charge >= 0.3 is 0 Å². The second-order valence-corrected chi connectivity index (χ2v) is 4.51. The van der Waals surface area contributed by atoms with E-state index in [1.54, 1.807) is 0 Å². The van der Waals surface area contributed by atoms with Gasteiger partial charge in [0.25, 0.3) is 5.89 Å². The molecule has 0 saturated carbocycles. The van der Waals surface area contributed by atoms with Gasteiger partial charge in [-0.3, -0.25) is 0 Å². The Labute approximate surface area is 122 Å². The molecule has 0 bridgehead atoms. The third-order valence-corrected chi connectivity index (χ3v) is 2.83. The summed E-state index contributed by atoms with van der Waals surface area (Å²) in [6.07, 6.45) is 1.27. The van der Waals surface area contributed by atoms with E-state index in [4.69, 9.17) is 13.9 Å². The van der Waals surface area contributed by atoms with E-state index < -0.39 is 0 Å². The third-order valence-electron chi connectivity index (χ3n) is 2.83. The molecule has 0 aliphatic heterocycles. The predicted octanol–water partition coefficient (Wildman–Crippen LogP) is 3.75. The molecule has 0 saturated heterocycles. The van der Waals surface area contributed by atoms with E-state index in [1.807, 2.05) is 55.5 Å². The van der Waals surface area contributed by atoms with Crippen LogP contribution in [0.5, 0.6) is 17.2 Å². The van der Waals surface area contributed by atoms with Crippen molar-refractivity contribution in [2.75, 3.05) is 0 Å². The largest absolute Gasteiger partial charge is 0.484 e. The molecule has 0 amide bonds. The van der Waals surface area contributed by atoms with Gasteiger partial charge in [-0.1, -0.05) is 23.8 Å². The number of ether oxygens (including phenoxy) is 2. The van der Waals surface area contributed by atoms with Crippen LogP contribution in [0.2, 0.25) is 0 Å². The first-order chi connectivity index (χ1) is 10.3. The van der Waals surface area contributed by atoms with E-state index in [9.17, 15) is 0 Å². The van der Waals surface area contributed by atoms with Crippen LogP contribution in [0.15, 0.2) is 59.3 Å². The van der Waals surface area contributed by atoms with E-state index in [-0.39, 0.29) is 6.61 Å². The highest BCUT2D eigenvalue weighted by Gasteiger charge is 2.03. The molecule has 0 spiro atoms. The summed E-state index contributed by atoms with van der Waals surface area (Å²) in [6, 6.07) is 15.3. The monoisotopic (exact) mass is 282 g/mol. The number of nitrogens with zero attached hydrogens (tertiary/aromatic N) is 2. The molecule has 0 aliphatic rings. The number of benzene rings is 2. The van der Waals surface area contributed by atoms with Crippen molar-refractivity contribution >= 4 is 0 Å². The Morgan fingerprint density at radius 1 is 1.00 bits per heavy atom. The van der Waals surface area contributed by atoms with Gasteiger partial charge in [0.05, 0.1) is 0 Å². The minimum atomic E-state index is 0.230. The topological polar surface area (TPSA) is 57.4 Å². The van der Waals surface area contributed by atoms with Gasteiger partial charge in [0.15, 0.2) is 6.61 Å². The summed E-state index contributed by atoms with van der Waals surface area (Å²) < 4.78 is 16.4. The maximum Gasteiger partial charge on any atom is 0.253 e. The van der Waals surface area contributed by atoms with E-state index in [0.717, 1.165) is 5.75 Å². The lowest BCUT2D eigenvalue weighted by atomic mass is 10.2. The molecule has 5 heteroatoms. The maximum absolute atomic E-state index is 5.78. The smallest absolute Gasteiger partial charge is 0.253 e. The van der Waals surface area contributed by atoms with Crippen LogP contribution in [0.3, 0.4) is 0 Å². The van der Waals surface area contributed by atoms with Gasteiger partial charge in [-0.15, -0.1) is 10.2 Å². The molecule has 0 radical (unpaired) electrons. The molecule has 1 aromatic heterocycles. The lowest BCUT2D eigenvalue weighted by molar-refractivity contribution is 0.262. The number of aromatic nitrogens is 2. The zero-order valence-electron chi connectivity index (χ0n) is 11.5. The molecular weight excluding hydrogens is 268 g/mol. The molecule has 1 heterocycles. The number of rotatable bonds is 5. The lowest BCUT2D eigenvalue weighted by Gasteiger charge is -2.08. The zero-order chi connectivity index (χ0) is 14.5. The van der Waals surface area contributed by atoms with Gasteiger partial charge in [0.1, 0.15) is 17.2 Å². The first-order valence-corrected chi connectivity index (χ1v) is 6.52. The standard InChI is InChI=1S/C16H14N2O3/c1-12-5-7-13(8-6-12)21-15-4-2-3-14(9-15)19-10-16-18-17-11-20-16/h2-9,11H,10H2,1H3. The van der Waals surface area contributed by atoms with Crippen molar-refractivity contribution in [1.82, 2.24) is 10.2 Å². The van der Waals surface area contributed by atoms with E-state index >= 15 is 0 Å². The van der Waals surface area contributed by atoms with Crippen LogP contribution < -0.4 is 9.47 Å². The summed E-state index contributed by atoms with van der Waals surface area (Å²) in [7, 11) is 0. The van der Waals surface area contributed by atoms with Gasteiger partial charge in [-0.2, -0.15) is 0 Å². The van der Waals surface area contributed by atoms with Crippen LogP contribution in [0.1, 0.15) is 11.5 Å². The molecular formula is C16H14N2O3. The van der Waals surface area contributed by atoms with E-state index in [2.05, 4.69) is 10.2 Å². The first kappa shape index (κ1) is 13.2. The molecule has 106 valence electrons. The van der Waals surface area contributed by atoms with Crippen molar-refractivity contribution in [3.63, 3.8) is 0 Å². The Morgan fingerprint density at radius 3 is 2.57 bits per heavy atom. The Balaban J connectivity index is 1.66. The van der Waals surface area contributed by atoms with Gasteiger partial charge < -0.3 is 13.9 Å². The molecule has 0 atom stereocenters. The van der Waals surface area contributed by atoms with Crippen molar-refractivity contribution in [2.45, 2.75) is 13.5 Å². The van der Waals surface area contributed by atoms with Crippen molar-refractivity contribution in [2.24, 2.45) is 0 Å². The maximum atomic E-state index is 5.78. The van der Waals surface area contributed by atoms with Gasteiger partial charge in [-0.05, 0) is 31.2 Å². The number of hydrogen-bond acceptors (Lipinski definition) is 5. The van der Waals surface area contributed by atoms with Crippen LogP contribution in [-0.4, -0.2) is 10.2 Å². The molecule has 21 heavy (non-hydrogen) atoms. The predicted molar refractivity (Wildman–Crippen MR) is 76.3 cm³/mol. The summed E-state index contributed by atoms with van der Waals surface area (Å²) in [6.45, 7) is 2.27. The fourth-order valence-corrected chi connectivity index (χ4v) is 1.77. The van der Waals surface area contributed by atoms with Gasteiger partial charge in [0.2, 0.25) is 6.39 Å². The van der Waals surface area contributed by atoms with Crippen molar-refractivity contribution in [3.8, 4) is 17.2 Å². The highest BCUT2D eigenvalue weighted by atomic mass is 16.5. The summed E-state index contributed by atoms with van der Waals surface area (Å²) >= 11 is 0. The molecule has 0 unspecified atom stereocenters. The third kappa shape index (κ3) is 3.60. The quantitative estimate of drug-likeness (QED) is 0.713. The van der Waals surface area contributed by atoms with E-state index in [0.29, 0.717) is 17.4 Å². The summed E-state index contributed by atoms with van der Waals surface area (Å²) in [5.41, 5.74) is 1.19. The molecule has 0 aliphatic carbocycles. The van der Waals surface area contributed by atoms with Crippen LogP contribution in [-0.2, 0) is 6.61 Å². The SMILES string of the molecule is Cc1ccc(Oc2cccc(OCc3nnco3)c2)cc1. The Hall–Kier alpha value is -2.82. The fraction of sp³-hybridized carbons (Fsp3) is 0.125. The number of hydrogen-bond donors (Lipinski definition) is 0. The van der Waals surface area contributed by atoms with Crippen molar-refractivity contribution in [1.29, 1.82) is 0 Å². The summed E-state index contributed by atoms with van der Waals surface area (Å²) in [5.74, 6) is 2.61. The summed E-state index contributed by atoms with van der Waals surface area (Å²) in [5, 5.41) is 7.35. The second-order valence-electron chi connectivity index (χ2n) is 4.51. The minimum Gasteiger partial charge on any atom is -0.484 e. The molecule has 5 nitrogen and oxygen atoms in total. The van der Waals surface area contributed by atoms with Crippen molar-refractivity contribution in [3.05, 3.63) is 66.4 Å². The zero-order valence-corrected chi connectivity index (χ0v) is 11.5. The average Bonchev–Trinajstić information content (AvgIpc) is 3.01. The number of aryl methyl sites for hydroxylation is 1. The second kappa shape index (κ2) is 6.09. The highest BCUT2D eigenvalue weighted by molar-refractivity contribution is 5.37. The summed E-state index contributed by atoms with van der Waals surface area (Å²) in [4.78, 5) is 0. The van der Waals surface area contributed by atoms with Crippen LogP contribution in [0.4, 0.5) is 0 Å². The highest BCUT2D eigenvalue weighted by Crippen LogP contribution is 2.25. The van der Waals surface area contributed by atoms with Gasteiger partial charge in [-0.25, -0.2) is 0 Å². The lowest BCUT2D eigenvalue weighted by Crippen LogP contribution is -1.96. The van der Waals surface area contributed by atoms with Crippen LogP contribution in [0, 0.1) is 6.92 Å². The Bertz CT molecular complexity index is 694. The molecule has 3 rings (SSSR count). The average molecular weight is 282 g/mol. The molecule has 2 aromatic carbocycles. The Kier molecular flexibility index (Phi) is 3.82. The van der Waals surface area contributed by atoms with E-state index in [1.165, 1.54) is 12.0 Å². The fourth-order valence-electron chi connectivity index (χ4n) is 1.77.